The molecule has 1 aromatic carbocycles. The molecule has 1 saturated carbocycles. The van der Waals surface area contributed by atoms with Gasteiger partial charge in [0.2, 0.25) is 0 Å². The van der Waals surface area contributed by atoms with Crippen molar-refractivity contribution in [3.05, 3.63) is 35.4 Å². The van der Waals surface area contributed by atoms with Gasteiger partial charge >= 0.3 is 0 Å². The summed E-state index contributed by atoms with van der Waals surface area (Å²) in [4.78, 5) is 0. The van der Waals surface area contributed by atoms with Crippen molar-refractivity contribution in [1.82, 2.24) is 5.32 Å². The molecule has 0 aromatic heterocycles. The van der Waals surface area contributed by atoms with Crippen molar-refractivity contribution in [2.24, 2.45) is 5.41 Å². The van der Waals surface area contributed by atoms with Crippen LogP contribution in [0.2, 0.25) is 0 Å². The van der Waals surface area contributed by atoms with Gasteiger partial charge in [-0.1, -0.05) is 51.0 Å². The molecular formula is C17H27NO. The molecule has 0 radical (unpaired) electrons. The van der Waals surface area contributed by atoms with Gasteiger partial charge in [0.05, 0.1) is 6.61 Å². The molecular weight excluding hydrogens is 234 g/mol. The molecule has 1 aromatic rings. The number of methoxy groups -OCH3 is 1. The van der Waals surface area contributed by atoms with Gasteiger partial charge in [-0.05, 0) is 29.4 Å². The first kappa shape index (κ1) is 14.5. The second kappa shape index (κ2) is 6.53. The van der Waals surface area contributed by atoms with Crippen molar-refractivity contribution in [3.63, 3.8) is 0 Å². The van der Waals surface area contributed by atoms with Crippen LogP contribution in [0.1, 0.15) is 50.7 Å². The van der Waals surface area contributed by atoms with Crippen LogP contribution < -0.4 is 5.32 Å². The number of hydrogen-bond donors (Lipinski definition) is 1. The second-order valence-corrected chi connectivity index (χ2v) is 6.37. The van der Waals surface area contributed by atoms with E-state index in [-0.39, 0.29) is 0 Å². The highest BCUT2D eigenvalue weighted by atomic mass is 16.5. The van der Waals surface area contributed by atoms with E-state index in [2.05, 4.69) is 43.4 Å². The van der Waals surface area contributed by atoms with Crippen molar-refractivity contribution in [2.45, 2.75) is 58.7 Å². The molecule has 106 valence electrons. The summed E-state index contributed by atoms with van der Waals surface area (Å²) in [6.45, 7) is 6.44. The average molecular weight is 261 g/mol. The fourth-order valence-corrected chi connectivity index (χ4v) is 3.13. The maximum atomic E-state index is 5.27. The molecule has 1 N–H and O–H groups in total. The van der Waals surface area contributed by atoms with Crippen LogP contribution in [0.15, 0.2) is 24.3 Å². The molecule has 0 saturated heterocycles. The van der Waals surface area contributed by atoms with E-state index in [9.17, 15) is 0 Å². The van der Waals surface area contributed by atoms with Crippen molar-refractivity contribution >= 4 is 0 Å². The fourth-order valence-electron chi connectivity index (χ4n) is 3.13. The Labute approximate surface area is 117 Å². The van der Waals surface area contributed by atoms with Crippen LogP contribution in [0.25, 0.3) is 0 Å². The van der Waals surface area contributed by atoms with E-state index in [4.69, 9.17) is 4.74 Å². The molecule has 0 heterocycles. The summed E-state index contributed by atoms with van der Waals surface area (Å²) in [5, 5.41) is 3.77. The Hall–Kier alpha value is -0.860. The van der Waals surface area contributed by atoms with Crippen LogP contribution in [-0.4, -0.2) is 13.2 Å². The number of nitrogens with one attached hydrogen (secondary N) is 1. The Kier molecular flexibility index (Phi) is 5.00. The predicted octanol–water partition coefficient (Wildman–Crippen LogP) is 3.89. The van der Waals surface area contributed by atoms with Gasteiger partial charge < -0.3 is 10.1 Å². The summed E-state index contributed by atoms with van der Waals surface area (Å²) in [7, 11) is 1.76. The zero-order valence-corrected chi connectivity index (χ0v) is 12.5. The third kappa shape index (κ3) is 3.80. The van der Waals surface area contributed by atoms with E-state index in [1.165, 1.54) is 36.8 Å². The Balaban J connectivity index is 1.98. The SMILES string of the molecule is COCc1ccccc1CNC1CCCCC1(C)C. The lowest BCUT2D eigenvalue weighted by Gasteiger charge is -2.39. The smallest absolute Gasteiger partial charge is 0.0716 e. The first-order chi connectivity index (χ1) is 9.13. The largest absolute Gasteiger partial charge is 0.380 e. The molecule has 0 aliphatic heterocycles. The normalized spacial score (nSPS) is 22.4. The summed E-state index contributed by atoms with van der Waals surface area (Å²) < 4.78 is 5.27. The summed E-state index contributed by atoms with van der Waals surface area (Å²) in [6.07, 6.45) is 5.39. The summed E-state index contributed by atoms with van der Waals surface area (Å²) >= 11 is 0. The van der Waals surface area contributed by atoms with Crippen LogP contribution in [-0.2, 0) is 17.9 Å². The first-order valence-electron chi connectivity index (χ1n) is 7.42. The summed E-state index contributed by atoms with van der Waals surface area (Å²) in [5.41, 5.74) is 3.09. The van der Waals surface area contributed by atoms with Crippen LogP contribution in [0.3, 0.4) is 0 Å². The highest BCUT2D eigenvalue weighted by Gasteiger charge is 2.31. The highest BCUT2D eigenvalue weighted by molar-refractivity contribution is 5.26. The summed E-state index contributed by atoms with van der Waals surface area (Å²) in [5.74, 6) is 0. The van der Waals surface area contributed by atoms with Gasteiger partial charge in [-0.2, -0.15) is 0 Å². The lowest BCUT2D eigenvalue weighted by Crippen LogP contribution is -2.43. The highest BCUT2D eigenvalue weighted by Crippen LogP contribution is 2.35. The van der Waals surface area contributed by atoms with Gasteiger partial charge in [0.1, 0.15) is 0 Å². The molecule has 0 spiro atoms. The van der Waals surface area contributed by atoms with Crippen LogP contribution in [0.5, 0.6) is 0 Å². The molecule has 0 bridgehead atoms. The van der Waals surface area contributed by atoms with Crippen molar-refractivity contribution in [3.8, 4) is 0 Å². The van der Waals surface area contributed by atoms with Crippen molar-refractivity contribution in [1.29, 1.82) is 0 Å². The van der Waals surface area contributed by atoms with E-state index in [0.29, 0.717) is 18.1 Å². The minimum Gasteiger partial charge on any atom is -0.380 e. The minimum absolute atomic E-state index is 0.425. The number of benzene rings is 1. The predicted molar refractivity (Wildman–Crippen MR) is 80.0 cm³/mol. The standard InChI is InChI=1S/C17H27NO/c1-17(2)11-7-6-10-16(17)18-12-14-8-4-5-9-15(14)13-19-3/h4-5,8-9,16,18H,6-7,10-13H2,1-3H3. The molecule has 2 nitrogen and oxygen atoms in total. The van der Waals surface area contributed by atoms with Crippen molar-refractivity contribution < 1.29 is 4.74 Å². The third-order valence-corrected chi connectivity index (χ3v) is 4.46. The molecule has 1 atom stereocenters. The van der Waals surface area contributed by atoms with Gasteiger partial charge in [-0.25, -0.2) is 0 Å². The number of hydrogen-bond acceptors (Lipinski definition) is 2. The van der Waals surface area contributed by atoms with Gasteiger partial charge in [0.25, 0.3) is 0 Å². The zero-order valence-electron chi connectivity index (χ0n) is 12.5. The molecule has 1 aliphatic carbocycles. The maximum absolute atomic E-state index is 5.27. The lowest BCUT2D eigenvalue weighted by atomic mass is 9.73. The molecule has 1 aliphatic rings. The fraction of sp³-hybridized carbons (Fsp3) is 0.647. The van der Waals surface area contributed by atoms with Crippen LogP contribution in [0.4, 0.5) is 0 Å². The maximum Gasteiger partial charge on any atom is 0.0716 e. The lowest BCUT2D eigenvalue weighted by molar-refractivity contribution is 0.165. The van der Waals surface area contributed by atoms with Gasteiger partial charge in [-0.3, -0.25) is 0 Å². The van der Waals surface area contributed by atoms with E-state index < -0.39 is 0 Å². The quantitative estimate of drug-likeness (QED) is 0.868. The van der Waals surface area contributed by atoms with E-state index in [0.717, 1.165) is 6.54 Å². The topological polar surface area (TPSA) is 21.3 Å². The van der Waals surface area contributed by atoms with E-state index in [1.807, 2.05) is 0 Å². The van der Waals surface area contributed by atoms with Gasteiger partial charge in [-0.15, -0.1) is 0 Å². The summed E-state index contributed by atoms with van der Waals surface area (Å²) in [6, 6.07) is 9.20. The Morgan fingerprint density at radius 1 is 1.21 bits per heavy atom. The Morgan fingerprint density at radius 3 is 2.63 bits per heavy atom. The average Bonchev–Trinajstić information content (AvgIpc) is 2.39. The molecule has 0 amide bonds. The third-order valence-electron chi connectivity index (χ3n) is 4.46. The molecule has 1 unspecified atom stereocenters. The van der Waals surface area contributed by atoms with Crippen LogP contribution in [0, 0.1) is 5.41 Å². The Morgan fingerprint density at radius 2 is 1.95 bits per heavy atom. The molecule has 1 fully saturated rings. The van der Waals surface area contributed by atoms with E-state index in [1.54, 1.807) is 7.11 Å². The van der Waals surface area contributed by atoms with E-state index >= 15 is 0 Å². The number of rotatable bonds is 5. The molecule has 2 heteroatoms. The van der Waals surface area contributed by atoms with Gasteiger partial charge in [0, 0.05) is 19.7 Å². The second-order valence-electron chi connectivity index (χ2n) is 6.37. The monoisotopic (exact) mass is 261 g/mol. The van der Waals surface area contributed by atoms with Crippen molar-refractivity contribution in [2.75, 3.05) is 7.11 Å². The van der Waals surface area contributed by atoms with Gasteiger partial charge in [0.15, 0.2) is 0 Å². The molecule has 2 rings (SSSR count). The minimum atomic E-state index is 0.425. The zero-order chi connectivity index (χ0) is 13.7. The number of ether oxygens (including phenoxy) is 1. The Bertz CT molecular complexity index is 400. The first-order valence-corrected chi connectivity index (χ1v) is 7.42. The molecule has 19 heavy (non-hydrogen) atoms. The van der Waals surface area contributed by atoms with Crippen LogP contribution >= 0.6 is 0 Å².